The van der Waals surface area contributed by atoms with Crippen molar-refractivity contribution >= 4 is 38.6 Å². The first-order chi connectivity index (χ1) is 13.4. The minimum Gasteiger partial charge on any atom is -0.322 e. The van der Waals surface area contributed by atoms with Gasteiger partial charge < -0.3 is 5.32 Å². The van der Waals surface area contributed by atoms with Crippen LogP contribution >= 0.6 is 11.3 Å². The van der Waals surface area contributed by atoms with E-state index in [9.17, 15) is 17.6 Å². The Kier molecular flexibility index (Phi) is 4.91. The topological polar surface area (TPSA) is 66.5 Å². The molecule has 1 aliphatic heterocycles. The van der Waals surface area contributed by atoms with Crippen molar-refractivity contribution in [3.8, 4) is 0 Å². The third kappa shape index (κ3) is 3.53. The Morgan fingerprint density at radius 3 is 2.61 bits per heavy atom. The molecule has 0 saturated heterocycles. The van der Waals surface area contributed by atoms with E-state index in [1.807, 2.05) is 0 Å². The molecule has 2 heterocycles. The predicted octanol–water partition coefficient (Wildman–Crippen LogP) is 4.28. The van der Waals surface area contributed by atoms with Crippen LogP contribution in [-0.4, -0.2) is 20.9 Å². The van der Waals surface area contributed by atoms with E-state index < -0.39 is 15.8 Å². The zero-order valence-corrected chi connectivity index (χ0v) is 16.4. The molecular weight excluding hydrogens is 399 g/mol. The number of hydrogen-bond donors (Lipinski definition) is 1. The van der Waals surface area contributed by atoms with Gasteiger partial charge in [-0.1, -0.05) is 6.07 Å². The average molecular weight is 416 g/mol. The number of nitrogens with one attached hydrogen (secondary N) is 1. The van der Waals surface area contributed by atoms with Gasteiger partial charge in [0.25, 0.3) is 15.9 Å². The summed E-state index contributed by atoms with van der Waals surface area (Å²) in [6, 6.07) is 13.8. The number of fused-ring (bicyclic) bond motifs is 1. The minimum absolute atomic E-state index is 0.314. The number of rotatable bonds is 4. The largest absolute Gasteiger partial charge is 0.322 e. The van der Waals surface area contributed by atoms with Gasteiger partial charge in [0.2, 0.25) is 0 Å². The molecule has 0 fully saturated rings. The van der Waals surface area contributed by atoms with Crippen LogP contribution in [0.1, 0.15) is 22.3 Å². The predicted molar refractivity (Wildman–Crippen MR) is 108 cm³/mol. The molecule has 0 spiro atoms. The lowest BCUT2D eigenvalue weighted by atomic mass is 10.0. The normalized spacial score (nSPS) is 13.8. The summed E-state index contributed by atoms with van der Waals surface area (Å²) < 4.78 is 40.6. The number of thiophene rings is 1. The first kappa shape index (κ1) is 18.6. The van der Waals surface area contributed by atoms with Crippen molar-refractivity contribution in [3.05, 3.63) is 76.9 Å². The number of aryl methyl sites for hydroxylation is 1. The van der Waals surface area contributed by atoms with Gasteiger partial charge in [0.05, 0.1) is 5.69 Å². The van der Waals surface area contributed by atoms with Gasteiger partial charge in [0.1, 0.15) is 10.0 Å². The standard InChI is InChI=1S/C20H17FN2O3S2/c21-16-7-5-14(6-8-16)20(24)22-17-9-10-18-15(13-17)3-1-11-23(18)28(25,26)19-4-2-12-27-19/h2,4-10,12-13H,1,3,11H2,(H,22,24). The van der Waals surface area contributed by atoms with Gasteiger partial charge in [-0.25, -0.2) is 12.8 Å². The Labute approximate surface area is 166 Å². The van der Waals surface area contributed by atoms with Gasteiger partial charge in [-0.3, -0.25) is 9.10 Å². The Morgan fingerprint density at radius 1 is 1.11 bits per heavy atom. The lowest BCUT2D eigenvalue weighted by molar-refractivity contribution is 0.102. The molecule has 8 heteroatoms. The van der Waals surface area contributed by atoms with E-state index in [0.717, 1.165) is 12.0 Å². The second-order valence-electron chi connectivity index (χ2n) is 6.42. The number of anilines is 2. The van der Waals surface area contributed by atoms with E-state index in [1.165, 1.54) is 39.9 Å². The molecule has 1 N–H and O–H groups in total. The first-order valence-corrected chi connectivity index (χ1v) is 11.0. The SMILES string of the molecule is O=C(Nc1ccc2c(c1)CCCN2S(=O)(=O)c1cccs1)c1ccc(F)cc1. The Morgan fingerprint density at radius 2 is 1.89 bits per heavy atom. The molecule has 2 aromatic carbocycles. The highest BCUT2D eigenvalue weighted by atomic mass is 32.2. The number of benzene rings is 2. The maximum Gasteiger partial charge on any atom is 0.273 e. The van der Waals surface area contributed by atoms with Crippen molar-refractivity contribution in [2.24, 2.45) is 0 Å². The molecule has 0 radical (unpaired) electrons. The molecule has 0 bridgehead atoms. The first-order valence-electron chi connectivity index (χ1n) is 8.71. The van der Waals surface area contributed by atoms with E-state index in [4.69, 9.17) is 0 Å². The highest BCUT2D eigenvalue weighted by Gasteiger charge is 2.29. The molecule has 1 aliphatic rings. The quantitative estimate of drug-likeness (QED) is 0.690. The van der Waals surface area contributed by atoms with Crippen LogP contribution in [-0.2, 0) is 16.4 Å². The fourth-order valence-electron chi connectivity index (χ4n) is 3.21. The molecule has 0 unspecified atom stereocenters. The van der Waals surface area contributed by atoms with Crippen LogP contribution in [0.2, 0.25) is 0 Å². The number of amides is 1. The Hall–Kier alpha value is -2.71. The number of carbonyl (C=O) groups excluding carboxylic acids is 1. The van der Waals surface area contributed by atoms with E-state index in [0.29, 0.717) is 34.1 Å². The summed E-state index contributed by atoms with van der Waals surface area (Å²) in [6.07, 6.45) is 1.43. The van der Waals surface area contributed by atoms with E-state index >= 15 is 0 Å². The summed E-state index contributed by atoms with van der Waals surface area (Å²) in [5.74, 6) is -0.754. The molecular formula is C20H17FN2O3S2. The van der Waals surface area contributed by atoms with Crippen molar-refractivity contribution in [2.45, 2.75) is 17.1 Å². The molecule has 1 amide bonds. The van der Waals surface area contributed by atoms with Crippen LogP contribution in [0.15, 0.2) is 64.2 Å². The van der Waals surface area contributed by atoms with Crippen LogP contribution in [0.5, 0.6) is 0 Å². The third-order valence-corrected chi connectivity index (χ3v) is 7.75. The number of carbonyl (C=O) groups is 1. The smallest absolute Gasteiger partial charge is 0.273 e. The maximum atomic E-state index is 13.0. The van der Waals surface area contributed by atoms with Crippen molar-refractivity contribution in [2.75, 3.05) is 16.2 Å². The zero-order valence-electron chi connectivity index (χ0n) is 14.8. The van der Waals surface area contributed by atoms with Crippen LogP contribution in [0.25, 0.3) is 0 Å². The van der Waals surface area contributed by atoms with Crippen LogP contribution < -0.4 is 9.62 Å². The van der Waals surface area contributed by atoms with Gasteiger partial charge in [0, 0.05) is 17.8 Å². The molecule has 0 aliphatic carbocycles. The lowest BCUT2D eigenvalue weighted by Gasteiger charge is -2.30. The summed E-state index contributed by atoms with van der Waals surface area (Å²) in [5, 5.41) is 4.52. The van der Waals surface area contributed by atoms with Crippen molar-refractivity contribution in [1.29, 1.82) is 0 Å². The fraction of sp³-hybridized carbons (Fsp3) is 0.150. The van der Waals surface area contributed by atoms with Crippen molar-refractivity contribution in [1.82, 2.24) is 0 Å². The Balaban J connectivity index is 1.60. The summed E-state index contributed by atoms with van der Waals surface area (Å²) in [7, 11) is -3.59. The second kappa shape index (κ2) is 7.37. The highest BCUT2D eigenvalue weighted by molar-refractivity contribution is 7.94. The average Bonchev–Trinajstić information content (AvgIpc) is 3.23. The van der Waals surface area contributed by atoms with Gasteiger partial charge in [-0.15, -0.1) is 11.3 Å². The molecule has 0 saturated carbocycles. The number of sulfonamides is 1. The number of halogens is 1. The summed E-state index contributed by atoms with van der Waals surface area (Å²) >= 11 is 1.20. The third-order valence-electron chi connectivity index (χ3n) is 4.56. The van der Waals surface area contributed by atoms with Crippen molar-refractivity contribution < 1.29 is 17.6 Å². The van der Waals surface area contributed by atoms with Gasteiger partial charge in [-0.2, -0.15) is 0 Å². The number of nitrogens with zero attached hydrogens (tertiary/aromatic N) is 1. The molecule has 5 nitrogen and oxygen atoms in total. The number of hydrogen-bond acceptors (Lipinski definition) is 4. The van der Waals surface area contributed by atoms with Gasteiger partial charge >= 0.3 is 0 Å². The molecule has 144 valence electrons. The monoisotopic (exact) mass is 416 g/mol. The molecule has 0 atom stereocenters. The zero-order chi connectivity index (χ0) is 19.7. The summed E-state index contributed by atoms with van der Waals surface area (Å²) in [5.41, 5.74) is 2.42. The molecule has 1 aromatic heterocycles. The van der Waals surface area contributed by atoms with E-state index in [-0.39, 0.29) is 5.91 Å². The highest BCUT2D eigenvalue weighted by Crippen LogP contribution is 2.34. The van der Waals surface area contributed by atoms with Crippen LogP contribution in [0.4, 0.5) is 15.8 Å². The minimum atomic E-state index is -3.59. The molecule has 3 aromatic rings. The van der Waals surface area contributed by atoms with Crippen LogP contribution in [0.3, 0.4) is 0 Å². The lowest BCUT2D eigenvalue weighted by Crippen LogP contribution is -2.35. The second-order valence-corrected chi connectivity index (χ2v) is 9.45. The maximum absolute atomic E-state index is 13.0. The molecule has 4 rings (SSSR count). The van der Waals surface area contributed by atoms with Gasteiger partial charge in [0.15, 0.2) is 0 Å². The summed E-state index contributed by atoms with van der Waals surface area (Å²) in [6.45, 7) is 0.425. The fourth-order valence-corrected chi connectivity index (χ4v) is 5.86. The molecule has 28 heavy (non-hydrogen) atoms. The van der Waals surface area contributed by atoms with E-state index in [2.05, 4.69) is 5.32 Å². The Bertz CT molecular complexity index is 1110. The summed E-state index contributed by atoms with van der Waals surface area (Å²) in [4.78, 5) is 12.3. The van der Waals surface area contributed by atoms with E-state index in [1.54, 1.807) is 35.7 Å². The van der Waals surface area contributed by atoms with Gasteiger partial charge in [-0.05, 0) is 72.3 Å². The van der Waals surface area contributed by atoms with Crippen LogP contribution in [0, 0.1) is 5.82 Å². The van der Waals surface area contributed by atoms with Crippen molar-refractivity contribution in [3.63, 3.8) is 0 Å².